The van der Waals surface area contributed by atoms with E-state index in [4.69, 9.17) is 0 Å². The van der Waals surface area contributed by atoms with E-state index in [1.54, 1.807) is 0 Å². The smallest absolute Gasteiger partial charge is 0.0118 e. The third-order valence-electron chi connectivity index (χ3n) is 3.66. The van der Waals surface area contributed by atoms with Crippen LogP contribution in [-0.2, 0) is 0 Å². The van der Waals surface area contributed by atoms with E-state index in [0.717, 1.165) is 29.7 Å². The van der Waals surface area contributed by atoms with Crippen molar-refractivity contribution in [3.63, 3.8) is 0 Å². The Kier molecular flexibility index (Phi) is 4.43. The summed E-state index contributed by atoms with van der Waals surface area (Å²) in [7, 11) is 0. The monoisotopic (exact) mass is 197 g/mol. The van der Waals surface area contributed by atoms with E-state index in [1.165, 1.54) is 19.4 Å². The van der Waals surface area contributed by atoms with E-state index in [2.05, 4.69) is 39.9 Å². The summed E-state index contributed by atoms with van der Waals surface area (Å²) < 4.78 is 0. The number of hydrogen-bond acceptors (Lipinski definition) is 1. The minimum atomic E-state index is 0.774. The fourth-order valence-electron chi connectivity index (χ4n) is 1.96. The molecule has 0 aromatic heterocycles. The average Bonchev–Trinajstić information content (AvgIpc) is 2.87. The summed E-state index contributed by atoms with van der Waals surface area (Å²) in [6, 6.07) is 0.774. The van der Waals surface area contributed by atoms with Gasteiger partial charge >= 0.3 is 0 Å². The first kappa shape index (κ1) is 12.0. The van der Waals surface area contributed by atoms with Crippen molar-refractivity contribution in [2.24, 2.45) is 23.7 Å². The molecule has 1 rings (SSSR count). The van der Waals surface area contributed by atoms with E-state index < -0.39 is 0 Å². The molecular formula is C13H27N. The van der Waals surface area contributed by atoms with E-state index >= 15 is 0 Å². The molecule has 1 saturated carbocycles. The van der Waals surface area contributed by atoms with Crippen LogP contribution in [0, 0.1) is 23.7 Å². The second-order valence-corrected chi connectivity index (χ2v) is 5.74. The first-order chi connectivity index (χ1) is 6.52. The highest BCUT2D eigenvalue weighted by molar-refractivity contribution is 4.88. The summed E-state index contributed by atoms with van der Waals surface area (Å²) in [6.07, 6.45) is 2.90. The third kappa shape index (κ3) is 3.61. The molecule has 0 amide bonds. The summed E-state index contributed by atoms with van der Waals surface area (Å²) in [5.74, 6) is 3.38. The predicted octanol–water partition coefficient (Wildman–Crippen LogP) is 3.30. The van der Waals surface area contributed by atoms with Gasteiger partial charge in [0.25, 0.3) is 0 Å². The lowest BCUT2D eigenvalue weighted by Crippen LogP contribution is -2.39. The van der Waals surface area contributed by atoms with Crippen molar-refractivity contribution in [2.75, 3.05) is 6.54 Å². The van der Waals surface area contributed by atoms with Crippen LogP contribution in [0.3, 0.4) is 0 Å². The highest BCUT2D eigenvalue weighted by Crippen LogP contribution is 2.35. The fraction of sp³-hybridized carbons (Fsp3) is 1.00. The van der Waals surface area contributed by atoms with E-state index in [0.29, 0.717) is 0 Å². The summed E-state index contributed by atoms with van der Waals surface area (Å²) >= 11 is 0. The van der Waals surface area contributed by atoms with Gasteiger partial charge in [0.1, 0.15) is 0 Å². The molecule has 0 heterocycles. The lowest BCUT2D eigenvalue weighted by atomic mass is 9.95. The van der Waals surface area contributed by atoms with Crippen LogP contribution < -0.4 is 5.32 Å². The number of hydrogen-bond donors (Lipinski definition) is 1. The van der Waals surface area contributed by atoms with Crippen LogP contribution in [0.1, 0.15) is 47.5 Å². The molecule has 0 aromatic carbocycles. The molecule has 84 valence electrons. The molecule has 2 unspecified atom stereocenters. The molecule has 0 radical (unpaired) electrons. The molecule has 1 fully saturated rings. The highest BCUT2D eigenvalue weighted by Gasteiger charge is 2.32. The van der Waals surface area contributed by atoms with Gasteiger partial charge in [-0.2, -0.15) is 0 Å². The van der Waals surface area contributed by atoms with Crippen molar-refractivity contribution >= 4 is 0 Å². The largest absolute Gasteiger partial charge is 0.313 e. The summed E-state index contributed by atoms with van der Waals surface area (Å²) in [5, 5.41) is 3.76. The molecule has 1 aliphatic carbocycles. The van der Waals surface area contributed by atoms with Crippen molar-refractivity contribution in [1.82, 2.24) is 5.32 Å². The lowest BCUT2D eigenvalue weighted by Gasteiger charge is -2.25. The van der Waals surface area contributed by atoms with Crippen molar-refractivity contribution in [1.29, 1.82) is 0 Å². The molecule has 0 aromatic rings. The lowest BCUT2D eigenvalue weighted by molar-refractivity contribution is 0.309. The summed E-state index contributed by atoms with van der Waals surface area (Å²) in [6.45, 7) is 12.9. The quantitative estimate of drug-likeness (QED) is 0.689. The molecule has 2 atom stereocenters. The van der Waals surface area contributed by atoms with Crippen LogP contribution in [-0.4, -0.2) is 12.6 Å². The fourth-order valence-corrected chi connectivity index (χ4v) is 1.96. The maximum absolute atomic E-state index is 3.76. The minimum Gasteiger partial charge on any atom is -0.313 e. The molecule has 1 aliphatic rings. The van der Waals surface area contributed by atoms with Gasteiger partial charge in [-0.05, 0) is 43.1 Å². The van der Waals surface area contributed by atoms with E-state index in [1.807, 2.05) is 0 Å². The molecule has 0 saturated heterocycles. The van der Waals surface area contributed by atoms with Crippen LogP contribution in [0.15, 0.2) is 0 Å². The Hall–Kier alpha value is -0.0400. The molecule has 0 bridgehead atoms. The van der Waals surface area contributed by atoms with Crippen LogP contribution >= 0.6 is 0 Å². The van der Waals surface area contributed by atoms with Crippen molar-refractivity contribution in [2.45, 2.75) is 53.5 Å². The Morgan fingerprint density at radius 3 is 1.93 bits per heavy atom. The van der Waals surface area contributed by atoms with Gasteiger partial charge < -0.3 is 5.32 Å². The summed E-state index contributed by atoms with van der Waals surface area (Å²) in [4.78, 5) is 0. The molecule has 0 spiro atoms. The average molecular weight is 197 g/mol. The molecular weight excluding hydrogens is 170 g/mol. The normalized spacial score (nSPS) is 21.6. The molecule has 0 aliphatic heterocycles. The Morgan fingerprint density at radius 1 is 1.00 bits per heavy atom. The second kappa shape index (κ2) is 5.16. The van der Waals surface area contributed by atoms with Gasteiger partial charge in [0.15, 0.2) is 0 Å². The molecule has 1 heteroatoms. The van der Waals surface area contributed by atoms with Gasteiger partial charge in [-0.1, -0.05) is 34.6 Å². The van der Waals surface area contributed by atoms with Crippen LogP contribution in [0.5, 0.6) is 0 Å². The van der Waals surface area contributed by atoms with Crippen molar-refractivity contribution in [3.8, 4) is 0 Å². The maximum Gasteiger partial charge on any atom is 0.0118 e. The second-order valence-electron chi connectivity index (χ2n) is 5.74. The van der Waals surface area contributed by atoms with Gasteiger partial charge in [0.05, 0.1) is 0 Å². The Balaban J connectivity index is 2.26. The van der Waals surface area contributed by atoms with Gasteiger partial charge in [0, 0.05) is 6.04 Å². The molecule has 1 N–H and O–H groups in total. The first-order valence-corrected chi connectivity index (χ1v) is 6.25. The highest BCUT2D eigenvalue weighted by atomic mass is 14.9. The first-order valence-electron chi connectivity index (χ1n) is 6.25. The maximum atomic E-state index is 3.76. The van der Waals surface area contributed by atoms with E-state index in [-0.39, 0.29) is 0 Å². The SMILES string of the molecule is CC(C)C(C)CNC(C(C)C)C1CC1. The van der Waals surface area contributed by atoms with Crippen molar-refractivity contribution in [3.05, 3.63) is 0 Å². The Labute approximate surface area is 89.7 Å². The zero-order valence-electron chi connectivity index (χ0n) is 10.5. The molecule has 1 nitrogen and oxygen atoms in total. The zero-order valence-corrected chi connectivity index (χ0v) is 10.5. The predicted molar refractivity (Wildman–Crippen MR) is 63.4 cm³/mol. The molecule has 14 heavy (non-hydrogen) atoms. The Bertz CT molecular complexity index is 157. The van der Waals surface area contributed by atoms with Gasteiger partial charge in [-0.15, -0.1) is 0 Å². The van der Waals surface area contributed by atoms with Crippen LogP contribution in [0.4, 0.5) is 0 Å². The minimum absolute atomic E-state index is 0.774. The summed E-state index contributed by atoms with van der Waals surface area (Å²) in [5.41, 5.74) is 0. The van der Waals surface area contributed by atoms with E-state index in [9.17, 15) is 0 Å². The van der Waals surface area contributed by atoms with Gasteiger partial charge in [-0.25, -0.2) is 0 Å². The zero-order chi connectivity index (χ0) is 10.7. The standard InChI is InChI=1S/C13H27N/c1-9(2)11(5)8-14-13(10(3)4)12-6-7-12/h9-14H,6-8H2,1-5H3. The van der Waals surface area contributed by atoms with Crippen molar-refractivity contribution < 1.29 is 0 Å². The number of nitrogens with one attached hydrogen (secondary N) is 1. The van der Waals surface area contributed by atoms with Gasteiger partial charge in [0.2, 0.25) is 0 Å². The van der Waals surface area contributed by atoms with Gasteiger partial charge in [-0.3, -0.25) is 0 Å². The third-order valence-corrected chi connectivity index (χ3v) is 3.66. The number of rotatable bonds is 6. The van der Waals surface area contributed by atoms with Crippen LogP contribution in [0.25, 0.3) is 0 Å². The topological polar surface area (TPSA) is 12.0 Å². The van der Waals surface area contributed by atoms with Crippen LogP contribution in [0.2, 0.25) is 0 Å². The Morgan fingerprint density at radius 2 is 1.57 bits per heavy atom.